The van der Waals surface area contributed by atoms with E-state index in [2.05, 4.69) is 15.3 Å². The minimum absolute atomic E-state index is 0.0579. The van der Waals surface area contributed by atoms with Crippen LogP contribution < -0.4 is 21.7 Å². The van der Waals surface area contributed by atoms with Crippen LogP contribution in [0.25, 0.3) is 0 Å². The van der Waals surface area contributed by atoms with Crippen LogP contribution in [0.15, 0.2) is 34.3 Å². The summed E-state index contributed by atoms with van der Waals surface area (Å²) in [4.78, 5) is 21.0. The molecule has 5 N–H and O–H groups in total. The van der Waals surface area contributed by atoms with Crippen molar-refractivity contribution in [3.05, 3.63) is 29.8 Å². The van der Waals surface area contributed by atoms with E-state index in [0.29, 0.717) is 12.5 Å². The van der Waals surface area contributed by atoms with E-state index < -0.39 is 5.66 Å². The zero-order chi connectivity index (χ0) is 15.6. The van der Waals surface area contributed by atoms with Crippen molar-refractivity contribution in [1.82, 2.24) is 5.32 Å². The van der Waals surface area contributed by atoms with Gasteiger partial charge in [0.1, 0.15) is 5.66 Å². The molecule has 0 bridgehead atoms. The average molecular weight is 288 g/mol. The summed E-state index contributed by atoms with van der Waals surface area (Å²) < 4.78 is 0. The predicted octanol–water partition coefficient (Wildman–Crippen LogP) is 0.508. The number of rotatable bonds is 3. The van der Waals surface area contributed by atoms with E-state index in [4.69, 9.17) is 11.5 Å². The largest absolute Gasteiger partial charge is 0.369 e. The van der Waals surface area contributed by atoms with Crippen LogP contribution in [0.1, 0.15) is 26.3 Å². The lowest BCUT2D eigenvalue weighted by atomic mass is 10.1. The molecular formula is C14H20N6O. The number of aliphatic imine (C=N–C) groups is 2. The van der Waals surface area contributed by atoms with Gasteiger partial charge in [-0.3, -0.25) is 9.69 Å². The molecule has 1 aliphatic heterocycles. The van der Waals surface area contributed by atoms with Gasteiger partial charge in [0, 0.05) is 19.2 Å². The van der Waals surface area contributed by atoms with E-state index in [1.54, 1.807) is 0 Å². The number of hydrogen-bond donors (Lipinski definition) is 3. The summed E-state index contributed by atoms with van der Waals surface area (Å²) >= 11 is 0. The van der Waals surface area contributed by atoms with Crippen molar-refractivity contribution in [2.75, 3.05) is 4.90 Å². The molecule has 1 aromatic rings. The number of guanidine groups is 2. The van der Waals surface area contributed by atoms with Gasteiger partial charge in [0.25, 0.3) is 0 Å². The van der Waals surface area contributed by atoms with E-state index in [1.807, 2.05) is 43.0 Å². The van der Waals surface area contributed by atoms with Gasteiger partial charge in [0.2, 0.25) is 17.8 Å². The smallest absolute Gasteiger partial charge is 0.220 e. The van der Waals surface area contributed by atoms with Crippen molar-refractivity contribution in [2.24, 2.45) is 21.5 Å². The zero-order valence-electron chi connectivity index (χ0n) is 12.4. The summed E-state index contributed by atoms with van der Waals surface area (Å²) in [7, 11) is 0. The molecule has 0 aliphatic carbocycles. The Bertz CT molecular complexity index is 602. The van der Waals surface area contributed by atoms with E-state index in [0.717, 1.165) is 11.3 Å². The SMILES string of the molecule is CC(=O)NCc1ccc(N2C(N)=NC(N)=NC2(C)C)cc1. The Hall–Kier alpha value is -2.57. The molecule has 7 heteroatoms. The summed E-state index contributed by atoms with van der Waals surface area (Å²) in [6.07, 6.45) is 0. The highest BCUT2D eigenvalue weighted by molar-refractivity contribution is 6.05. The Kier molecular flexibility index (Phi) is 3.84. The first-order valence-corrected chi connectivity index (χ1v) is 6.63. The number of nitrogens with one attached hydrogen (secondary N) is 1. The van der Waals surface area contributed by atoms with Gasteiger partial charge in [-0.2, -0.15) is 4.99 Å². The lowest BCUT2D eigenvalue weighted by Crippen LogP contribution is -2.54. The minimum atomic E-state index is -0.602. The van der Waals surface area contributed by atoms with Crippen molar-refractivity contribution in [1.29, 1.82) is 0 Å². The van der Waals surface area contributed by atoms with Gasteiger partial charge in [-0.15, -0.1) is 0 Å². The van der Waals surface area contributed by atoms with Crippen LogP contribution in [0.3, 0.4) is 0 Å². The zero-order valence-corrected chi connectivity index (χ0v) is 12.4. The summed E-state index contributed by atoms with van der Waals surface area (Å²) in [6.45, 7) is 5.80. The summed E-state index contributed by atoms with van der Waals surface area (Å²) in [5.74, 6) is 0.426. The highest BCUT2D eigenvalue weighted by atomic mass is 16.1. The van der Waals surface area contributed by atoms with E-state index in [-0.39, 0.29) is 11.9 Å². The van der Waals surface area contributed by atoms with E-state index >= 15 is 0 Å². The first-order valence-electron chi connectivity index (χ1n) is 6.63. The quantitative estimate of drug-likeness (QED) is 0.752. The van der Waals surface area contributed by atoms with Crippen molar-refractivity contribution >= 4 is 23.5 Å². The Balaban J connectivity index is 2.22. The normalized spacial score (nSPS) is 17.0. The van der Waals surface area contributed by atoms with Crippen molar-refractivity contribution in [3.8, 4) is 0 Å². The summed E-state index contributed by atoms with van der Waals surface area (Å²) in [5, 5.41) is 2.75. The lowest BCUT2D eigenvalue weighted by molar-refractivity contribution is -0.119. The molecule has 1 aliphatic rings. The van der Waals surface area contributed by atoms with Crippen molar-refractivity contribution < 1.29 is 4.79 Å². The predicted molar refractivity (Wildman–Crippen MR) is 83.8 cm³/mol. The maximum Gasteiger partial charge on any atom is 0.220 e. The number of nitrogens with two attached hydrogens (primary N) is 2. The van der Waals surface area contributed by atoms with Gasteiger partial charge in [0.05, 0.1) is 0 Å². The van der Waals surface area contributed by atoms with Crippen molar-refractivity contribution in [2.45, 2.75) is 33.0 Å². The molecule has 1 aromatic carbocycles. The third-order valence-electron chi connectivity index (χ3n) is 3.13. The topological polar surface area (TPSA) is 109 Å². The molecule has 0 spiro atoms. The maximum absolute atomic E-state index is 10.9. The second kappa shape index (κ2) is 5.43. The van der Waals surface area contributed by atoms with E-state index in [1.165, 1.54) is 6.92 Å². The monoisotopic (exact) mass is 288 g/mol. The van der Waals surface area contributed by atoms with Crippen molar-refractivity contribution in [3.63, 3.8) is 0 Å². The average Bonchev–Trinajstić information content (AvgIpc) is 2.35. The fraction of sp³-hybridized carbons (Fsp3) is 0.357. The van der Waals surface area contributed by atoms with Crippen LogP contribution in [-0.2, 0) is 11.3 Å². The van der Waals surface area contributed by atoms with Gasteiger partial charge < -0.3 is 16.8 Å². The molecule has 0 fully saturated rings. The molecule has 7 nitrogen and oxygen atoms in total. The number of amides is 1. The van der Waals surface area contributed by atoms with Gasteiger partial charge in [-0.25, -0.2) is 4.99 Å². The van der Waals surface area contributed by atoms with Gasteiger partial charge in [0.15, 0.2) is 0 Å². The van der Waals surface area contributed by atoms with Crippen LogP contribution in [0.4, 0.5) is 5.69 Å². The first kappa shape index (κ1) is 14.8. The molecule has 2 rings (SSSR count). The fourth-order valence-electron chi connectivity index (χ4n) is 2.24. The van der Waals surface area contributed by atoms with Gasteiger partial charge in [-0.1, -0.05) is 12.1 Å². The summed E-state index contributed by atoms with van der Waals surface area (Å²) in [6, 6.07) is 7.68. The fourth-order valence-corrected chi connectivity index (χ4v) is 2.24. The van der Waals surface area contributed by atoms with Crippen LogP contribution in [0, 0.1) is 0 Å². The Morgan fingerprint density at radius 1 is 1.29 bits per heavy atom. The standard InChI is InChI=1S/C14H20N6O/c1-9(21)17-8-10-4-6-11(7-5-10)20-13(16)18-12(15)19-14(20,2)3/h4-7H,8H2,1-3H3,(H,17,21)(H4,15,16,18,19). The number of benzene rings is 1. The Morgan fingerprint density at radius 3 is 2.43 bits per heavy atom. The second-order valence-electron chi connectivity index (χ2n) is 5.35. The highest BCUT2D eigenvalue weighted by Crippen LogP contribution is 2.27. The molecule has 1 heterocycles. The van der Waals surface area contributed by atoms with E-state index in [9.17, 15) is 4.79 Å². The maximum atomic E-state index is 10.9. The number of carbonyl (C=O) groups is 1. The highest BCUT2D eigenvalue weighted by Gasteiger charge is 2.32. The molecule has 0 saturated carbocycles. The lowest BCUT2D eigenvalue weighted by Gasteiger charge is -2.38. The number of anilines is 1. The molecule has 0 aromatic heterocycles. The van der Waals surface area contributed by atoms with Gasteiger partial charge in [-0.05, 0) is 31.5 Å². The van der Waals surface area contributed by atoms with Gasteiger partial charge >= 0.3 is 0 Å². The minimum Gasteiger partial charge on any atom is -0.369 e. The number of carbonyl (C=O) groups excluding carboxylic acids is 1. The Labute approximate surface area is 123 Å². The first-order chi connectivity index (χ1) is 9.79. The molecule has 0 radical (unpaired) electrons. The number of hydrogen-bond acceptors (Lipinski definition) is 6. The second-order valence-corrected chi connectivity index (χ2v) is 5.35. The molecule has 0 atom stereocenters. The molecule has 112 valence electrons. The number of nitrogens with zero attached hydrogens (tertiary/aromatic N) is 3. The summed E-state index contributed by atoms with van der Waals surface area (Å²) in [5.41, 5.74) is 12.9. The van der Waals surface area contributed by atoms with Crippen LogP contribution >= 0.6 is 0 Å². The third-order valence-corrected chi connectivity index (χ3v) is 3.13. The molecule has 0 saturated heterocycles. The molecule has 1 amide bonds. The molecule has 21 heavy (non-hydrogen) atoms. The van der Waals surface area contributed by atoms with Crippen LogP contribution in [0.5, 0.6) is 0 Å². The molecular weight excluding hydrogens is 268 g/mol. The van der Waals surface area contributed by atoms with Crippen LogP contribution in [0.2, 0.25) is 0 Å². The Morgan fingerprint density at radius 2 is 1.90 bits per heavy atom. The van der Waals surface area contributed by atoms with Crippen LogP contribution in [-0.4, -0.2) is 23.5 Å². The molecule has 0 unspecified atom stereocenters. The third kappa shape index (κ3) is 3.31.